The Balaban J connectivity index is 2.56. The highest BCUT2D eigenvalue weighted by Gasteiger charge is 2.33. The highest BCUT2D eigenvalue weighted by Crippen LogP contribution is 2.39. The van der Waals surface area contributed by atoms with E-state index in [1.165, 1.54) is 17.4 Å². The Kier molecular flexibility index (Phi) is 3.40. The van der Waals surface area contributed by atoms with Crippen LogP contribution in [0.15, 0.2) is 23.6 Å². The number of rotatable bonds is 3. The zero-order chi connectivity index (χ0) is 12.5. The summed E-state index contributed by atoms with van der Waals surface area (Å²) in [6, 6.07) is 4.32. The van der Waals surface area contributed by atoms with E-state index in [0.29, 0.717) is 29.5 Å². The maximum atomic E-state index is 12.9. The van der Waals surface area contributed by atoms with E-state index in [1.54, 1.807) is 11.4 Å². The standard InChI is InChI=1S/C12H12F3NS/c13-12(14,15)9-4-1-5-10-11(9)8(7-17-10)3-2-6-16/h1,4-5,7H,2-3,6,16H2. The van der Waals surface area contributed by atoms with Crippen LogP contribution in [0.25, 0.3) is 10.1 Å². The van der Waals surface area contributed by atoms with Crippen molar-refractivity contribution in [2.75, 3.05) is 6.54 Å². The number of hydrogen-bond acceptors (Lipinski definition) is 2. The van der Waals surface area contributed by atoms with Crippen LogP contribution in [0.5, 0.6) is 0 Å². The number of thiophene rings is 1. The van der Waals surface area contributed by atoms with E-state index in [1.807, 2.05) is 0 Å². The van der Waals surface area contributed by atoms with Crippen molar-refractivity contribution < 1.29 is 13.2 Å². The van der Waals surface area contributed by atoms with Crippen molar-refractivity contribution in [2.24, 2.45) is 5.73 Å². The first-order valence-electron chi connectivity index (χ1n) is 5.30. The number of nitrogens with two attached hydrogens (primary N) is 1. The Labute approximate surface area is 101 Å². The Bertz CT molecular complexity index is 516. The third kappa shape index (κ3) is 2.45. The first-order chi connectivity index (χ1) is 8.04. The lowest BCUT2D eigenvalue weighted by Gasteiger charge is -2.09. The summed E-state index contributed by atoms with van der Waals surface area (Å²) in [4.78, 5) is 0. The van der Waals surface area contributed by atoms with Crippen LogP contribution in [0.4, 0.5) is 13.2 Å². The molecule has 1 aromatic heterocycles. The average molecular weight is 259 g/mol. The van der Waals surface area contributed by atoms with Gasteiger partial charge in [0.05, 0.1) is 5.56 Å². The number of aryl methyl sites for hydroxylation is 1. The highest BCUT2D eigenvalue weighted by molar-refractivity contribution is 7.17. The van der Waals surface area contributed by atoms with Crippen LogP contribution in [-0.2, 0) is 12.6 Å². The van der Waals surface area contributed by atoms with Gasteiger partial charge in [0.15, 0.2) is 0 Å². The number of alkyl halides is 3. The molecule has 1 nitrogen and oxygen atoms in total. The molecular formula is C12H12F3NS. The average Bonchev–Trinajstić information content (AvgIpc) is 2.68. The summed E-state index contributed by atoms with van der Waals surface area (Å²) in [5.74, 6) is 0. The van der Waals surface area contributed by atoms with Gasteiger partial charge < -0.3 is 5.73 Å². The first kappa shape index (κ1) is 12.4. The van der Waals surface area contributed by atoms with Gasteiger partial charge in [0.1, 0.15) is 0 Å². The molecule has 0 amide bonds. The molecule has 0 atom stereocenters. The third-order valence-electron chi connectivity index (χ3n) is 2.63. The minimum atomic E-state index is -4.29. The van der Waals surface area contributed by atoms with Crippen LogP contribution >= 0.6 is 11.3 Å². The third-order valence-corrected chi connectivity index (χ3v) is 3.63. The monoisotopic (exact) mass is 259 g/mol. The fraction of sp³-hybridized carbons (Fsp3) is 0.333. The molecule has 0 aliphatic carbocycles. The topological polar surface area (TPSA) is 26.0 Å². The molecule has 2 aromatic rings. The van der Waals surface area contributed by atoms with Crippen molar-refractivity contribution in [3.8, 4) is 0 Å². The Morgan fingerprint density at radius 3 is 2.65 bits per heavy atom. The van der Waals surface area contributed by atoms with E-state index in [4.69, 9.17) is 5.73 Å². The summed E-state index contributed by atoms with van der Waals surface area (Å²) in [6.45, 7) is 0.492. The summed E-state index contributed by atoms with van der Waals surface area (Å²) in [5.41, 5.74) is 5.61. The molecule has 0 aliphatic rings. The van der Waals surface area contributed by atoms with E-state index in [9.17, 15) is 13.2 Å². The van der Waals surface area contributed by atoms with Crippen molar-refractivity contribution in [1.82, 2.24) is 0 Å². The zero-order valence-electron chi connectivity index (χ0n) is 9.05. The van der Waals surface area contributed by atoms with Gasteiger partial charge >= 0.3 is 6.18 Å². The van der Waals surface area contributed by atoms with Gasteiger partial charge in [-0.25, -0.2) is 0 Å². The summed E-state index contributed by atoms with van der Waals surface area (Å²) in [7, 11) is 0. The number of halogens is 3. The van der Waals surface area contributed by atoms with E-state index in [2.05, 4.69) is 0 Å². The molecule has 2 rings (SSSR count). The van der Waals surface area contributed by atoms with Crippen molar-refractivity contribution in [3.05, 3.63) is 34.7 Å². The molecular weight excluding hydrogens is 247 g/mol. The van der Waals surface area contributed by atoms with E-state index >= 15 is 0 Å². The molecule has 0 unspecified atom stereocenters. The fourth-order valence-corrected chi connectivity index (χ4v) is 2.89. The second-order valence-electron chi connectivity index (χ2n) is 3.83. The van der Waals surface area contributed by atoms with E-state index < -0.39 is 11.7 Å². The first-order valence-corrected chi connectivity index (χ1v) is 6.18. The number of hydrogen-bond donors (Lipinski definition) is 1. The Morgan fingerprint density at radius 2 is 2.00 bits per heavy atom. The van der Waals surface area contributed by atoms with Gasteiger partial charge in [-0.1, -0.05) is 6.07 Å². The fourth-order valence-electron chi connectivity index (χ4n) is 1.87. The van der Waals surface area contributed by atoms with Crippen LogP contribution < -0.4 is 5.73 Å². The van der Waals surface area contributed by atoms with E-state index in [-0.39, 0.29) is 0 Å². The van der Waals surface area contributed by atoms with Gasteiger partial charge in [0, 0.05) is 10.1 Å². The van der Waals surface area contributed by atoms with Crippen molar-refractivity contribution in [1.29, 1.82) is 0 Å². The summed E-state index contributed by atoms with van der Waals surface area (Å²) in [6.07, 6.45) is -2.99. The van der Waals surface area contributed by atoms with Crippen LogP contribution in [-0.4, -0.2) is 6.54 Å². The molecule has 0 saturated carbocycles. The predicted octanol–water partition coefficient (Wildman–Crippen LogP) is 3.81. The lowest BCUT2D eigenvalue weighted by Crippen LogP contribution is -2.06. The second-order valence-corrected chi connectivity index (χ2v) is 4.74. The van der Waals surface area contributed by atoms with Crippen molar-refractivity contribution in [2.45, 2.75) is 19.0 Å². The lowest BCUT2D eigenvalue weighted by atomic mass is 10.0. The molecule has 92 valence electrons. The van der Waals surface area contributed by atoms with Gasteiger partial charge in [-0.05, 0) is 42.5 Å². The minimum absolute atomic E-state index is 0.346. The molecule has 5 heteroatoms. The zero-order valence-corrected chi connectivity index (χ0v) is 9.87. The second kappa shape index (κ2) is 4.66. The predicted molar refractivity (Wildman–Crippen MR) is 64.2 cm³/mol. The molecule has 0 saturated heterocycles. The molecule has 0 bridgehead atoms. The van der Waals surface area contributed by atoms with Crippen LogP contribution in [0.3, 0.4) is 0 Å². The van der Waals surface area contributed by atoms with Crippen LogP contribution in [0.2, 0.25) is 0 Å². The maximum absolute atomic E-state index is 12.9. The molecule has 0 radical (unpaired) electrons. The van der Waals surface area contributed by atoms with Crippen molar-refractivity contribution in [3.63, 3.8) is 0 Å². The SMILES string of the molecule is NCCCc1csc2cccc(C(F)(F)F)c12. The lowest BCUT2D eigenvalue weighted by molar-refractivity contribution is -0.136. The minimum Gasteiger partial charge on any atom is -0.330 e. The normalized spacial score (nSPS) is 12.2. The summed E-state index contributed by atoms with van der Waals surface area (Å²) in [5, 5.41) is 2.15. The van der Waals surface area contributed by atoms with Gasteiger partial charge in [0.25, 0.3) is 0 Å². The molecule has 0 fully saturated rings. The molecule has 0 aliphatic heterocycles. The molecule has 1 heterocycles. The molecule has 17 heavy (non-hydrogen) atoms. The maximum Gasteiger partial charge on any atom is 0.417 e. The Morgan fingerprint density at radius 1 is 1.24 bits per heavy atom. The number of fused-ring (bicyclic) bond motifs is 1. The Hall–Kier alpha value is -1.07. The van der Waals surface area contributed by atoms with Gasteiger partial charge in [0.2, 0.25) is 0 Å². The van der Waals surface area contributed by atoms with Gasteiger partial charge in [-0.15, -0.1) is 11.3 Å². The van der Waals surface area contributed by atoms with Gasteiger partial charge in [-0.2, -0.15) is 13.2 Å². The highest BCUT2D eigenvalue weighted by atomic mass is 32.1. The number of benzene rings is 1. The summed E-state index contributed by atoms with van der Waals surface area (Å²) < 4.78 is 39.3. The quantitative estimate of drug-likeness (QED) is 0.891. The summed E-state index contributed by atoms with van der Waals surface area (Å²) >= 11 is 1.35. The van der Waals surface area contributed by atoms with E-state index in [0.717, 1.165) is 11.6 Å². The van der Waals surface area contributed by atoms with Gasteiger partial charge in [-0.3, -0.25) is 0 Å². The molecule has 2 N–H and O–H groups in total. The van der Waals surface area contributed by atoms with Crippen LogP contribution in [0, 0.1) is 0 Å². The smallest absolute Gasteiger partial charge is 0.330 e. The molecule has 1 aromatic carbocycles. The molecule has 0 spiro atoms. The van der Waals surface area contributed by atoms with Crippen molar-refractivity contribution >= 4 is 21.4 Å². The largest absolute Gasteiger partial charge is 0.417 e. The van der Waals surface area contributed by atoms with Crippen LogP contribution in [0.1, 0.15) is 17.5 Å².